The molecule has 1 aliphatic rings. The minimum atomic E-state index is 1.17. The van der Waals surface area contributed by atoms with Crippen molar-refractivity contribution in [1.29, 1.82) is 0 Å². The lowest BCUT2D eigenvalue weighted by molar-refractivity contribution is 1.05. The maximum Gasteiger partial charge on any atom is 0.0128 e. The summed E-state index contributed by atoms with van der Waals surface area (Å²) in [5.41, 5.74) is 4.66. The van der Waals surface area contributed by atoms with E-state index < -0.39 is 0 Å². The SMILES string of the molecule is Cc1cc2c(s1)Cc1c(C)csc1C2. The first kappa shape index (κ1) is 8.69. The molecule has 0 saturated heterocycles. The maximum atomic E-state index is 2.36. The Balaban J connectivity index is 2.13. The van der Waals surface area contributed by atoms with Gasteiger partial charge in [-0.1, -0.05) is 0 Å². The second-order valence-corrected chi connectivity index (χ2v) is 6.28. The first-order valence-corrected chi connectivity index (χ1v) is 6.57. The fourth-order valence-electron chi connectivity index (χ4n) is 2.16. The number of hydrogen-bond donors (Lipinski definition) is 0. The molecule has 14 heavy (non-hydrogen) atoms. The van der Waals surface area contributed by atoms with Gasteiger partial charge in [0.05, 0.1) is 0 Å². The molecule has 0 N–H and O–H groups in total. The van der Waals surface area contributed by atoms with E-state index >= 15 is 0 Å². The van der Waals surface area contributed by atoms with Crippen LogP contribution in [0.3, 0.4) is 0 Å². The molecule has 0 amide bonds. The Morgan fingerprint density at radius 3 is 2.86 bits per heavy atom. The molecule has 0 atom stereocenters. The Kier molecular flexibility index (Phi) is 1.83. The standard InChI is InChI=1S/C12H12S2/c1-7-6-13-12-4-9-3-8(2)14-11(9)5-10(7)12/h3,6H,4-5H2,1-2H3. The normalized spacial score (nSPS) is 13.9. The molecule has 3 rings (SSSR count). The molecule has 0 unspecified atom stereocenters. The highest BCUT2D eigenvalue weighted by Gasteiger charge is 2.19. The molecule has 2 aromatic heterocycles. The van der Waals surface area contributed by atoms with E-state index in [2.05, 4.69) is 25.3 Å². The van der Waals surface area contributed by atoms with Gasteiger partial charge in [-0.25, -0.2) is 0 Å². The van der Waals surface area contributed by atoms with Gasteiger partial charge in [-0.15, -0.1) is 22.7 Å². The molecule has 0 aliphatic heterocycles. The third-order valence-corrected chi connectivity index (χ3v) is 5.14. The molecule has 0 nitrogen and oxygen atoms in total. The smallest absolute Gasteiger partial charge is 0.0128 e. The minimum Gasteiger partial charge on any atom is -0.148 e. The van der Waals surface area contributed by atoms with E-state index in [4.69, 9.17) is 0 Å². The van der Waals surface area contributed by atoms with E-state index in [1.807, 2.05) is 22.7 Å². The van der Waals surface area contributed by atoms with E-state index in [1.54, 1.807) is 20.9 Å². The summed E-state index contributed by atoms with van der Waals surface area (Å²) in [5.74, 6) is 0. The number of rotatable bonds is 0. The number of fused-ring (bicyclic) bond motifs is 2. The molecule has 1 aliphatic carbocycles. The quantitative estimate of drug-likeness (QED) is 0.538. The van der Waals surface area contributed by atoms with Gasteiger partial charge < -0.3 is 0 Å². The molecule has 72 valence electrons. The van der Waals surface area contributed by atoms with Crippen molar-refractivity contribution >= 4 is 22.7 Å². The van der Waals surface area contributed by atoms with Crippen molar-refractivity contribution in [3.63, 3.8) is 0 Å². The van der Waals surface area contributed by atoms with Crippen LogP contribution < -0.4 is 0 Å². The minimum absolute atomic E-state index is 1.17. The van der Waals surface area contributed by atoms with E-state index in [0.29, 0.717) is 0 Å². The maximum absolute atomic E-state index is 2.36. The number of thiophene rings is 2. The zero-order valence-corrected chi connectivity index (χ0v) is 10.0. The van der Waals surface area contributed by atoms with Gasteiger partial charge in [0.15, 0.2) is 0 Å². The van der Waals surface area contributed by atoms with Gasteiger partial charge in [0.1, 0.15) is 0 Å². The fourth-order valence-corrected chi connectivity index (χ4v) is 4.30. The van der Waals surface area contributed by atoms with Crippen molar-refractivity contribution in [3.05, 3.63) is 42.8 Å². The summed E-state index contributed by atoms with van der Waals surface area (Å²) in [6, 6.07) is 2.36. The Labute approximate surface area is 92.2 Å². The molecular weight excluding hydrogens is 208 g/mol. The molecule has 0 saturated carbocycles. The Morgan fingerprint density at radius 1 is 1.14 bits per heavy atom. The largest absolute Gasteiger partial charge is 0.148 e. The van der Waals surface area contributed by atoms with Crippen LogP contribution in [0.5, 0.6) is 0 Å². The topological polar surface area (TPSA) is 0 Å². The van der Waals surface area contributed by atoms with Crippen LogP contribution in [0.25, 0.3) is 0 Å². The molecule has 0 aromatic carbocycles. The van der Waals surface area contributed by atoms with Gasteiger partial charge in [0.2, 0.25) is 0 Å². The van der Waals surface area contributed by atoms with Crippen LogP contribution in [-0.4, -0.2) is 0 Å². The van der Waals surface area contributed by atoms with E-state index in [9.17, 15) is 0 Å². The lowest BCUT2D eigenvalue weighted by Crippen LogP contribution is -2.01. The molecule has 0 bridgehead atoms. The van der Waals surface area contributed by atoms with Crippen LogP contribution in [0.4, 0.5) is 0 Å². The van der Waals surface area contributed by atoms with Crippen molar-refractivity contribution in [3.8, 4) is 0 Å². The lowest BCUT2D eigenvalue weighted by atomic mass is 9.96. The summed E-state index contributed by atoms with van der Waals surface area (Å²) in [4.78, 5) is 4.65. The molecule has 0 spiro atoms. The predicted molar refractivity (Wildman–Crippen MR) is 63.7 cm³/mol. The van der Waals surface area contributed by atoms with E-state index in [0.717, 1.165) is 0 Å². The first-order valence-electron chi connectivity index (χ1n) is 4.88. The highest BCUT2D eigenvalue weighted by Crippen LogP contribution is 2.36. The van der Waals surface area contributed by atoms with Crippen molar-refractivity contribution < 1.29 is 0 Å². The van der Waals surface area contributed by atoms with Crippen molar-refractivity contribution in [1.82, 2.24) is 0 Å². The highest BCUT2D eigenvalue weighted by molar-refractivity contribution is 7.12. The Hall–Kier alpha value is -0.600. The molecule has 0 fully saturated rings. The summed E-state index contributed by atoms with van der Waals surface area (Å²) < 4.78 is 0. The lowest BCUT2D eigenvalue weighted by Gasteiger charge is -2.12. The summed E-state index contributed by atoms with van der Waals surface area (Å²) in [5, 5.41) is 2.30. The van der Waals surface area contributed by atoms with Gasteiger partial charge >= 0.3 is 0 Å². The second-order valence-electron chi connectivity index (χ2n) is 3.98. The van der Waals surface area contributed by atoms with E-state index in [-0.39, 0.29) is 0 Å². The van der Waals surface area contributed by atoms with Crippen LogP contribution in [0.1, 0.15) is 31.3 Å². The van der Waals surface area contributed by atoms with Gasteiger partial charge in [0, 0.05) is 27.5 Å². The summed E-state index contributed by atoms with van der Waals surface area (Å²) >= 11 is 3.90. The summed E-state index contributed by atoms with van der Waals surface area (Å²) in [6.45, 7) is 4.45. The van der Waals surface area contributed by atoms with Gasteiger partial charge in [-0.3, -0.25) is 0 Å². The summed E-state index contributed by atoms with van der Waals surface area (Å²) in [7, 11) is 0. The second kappa shape index (κ2) is 2.94. The van der Waals surface area contributed by atoms with Crippen molar-refractivity contribution in [2.24, 2.45) is 0 Å². The Morgan fingerprint density at radius 2 is 2.00 bits per heavy atom. The van der Waals surface area contributed by atoms with E-state index in [1.165, 1.54) is 23.3 Å². The van der Waals surface area contributed by atoms with Crippen LogP contribution >= 0.6 is 22.7 Å². The van der Waals surface area contributed by atoms with Crippen LogP contribution in [0, 0.1) is 13.8 Å². The fraction of sp³-hybridized carbons (Fsp3) is 0.333. The number of aryl methyl sites for hydroxylation is 2. The third-order valence-electron chi connectivity index (χ3n) is 2.90. The first-order chi connectivity index (χ1) is 6.74. The molecule has 2 heteroatoms. The molecule has 2 aromatic rings. The van der Waals surface area contributed by atoms with Crippen LogP contribution in [0.15, 0.2) is 11.4 Å². The molecular formula is C12H12S2. The monoisotopic (exact) mass is 220 g/mol. The van der Waals surface area contributed by atoms with Gasteiger partial charge in [-0.2, -0.15) is 0 Å². The average molecular weight is 220 g/mol. The predicted octanol–water partition coefficient (Wildman–Crippen LogP) is 3.92. The van der Waals surface area contributed by atoms with Crippen LogP contribution in [0.2, 0.25) is 0 Å². The number of hydrogen-bond acceptors (Lipinski definition) is 2. The Bertz CT molecular complexity index is 488. The van der Waals surface area contributed by atoms with Gasteiger partial charge in [-0.05, 0) is 42.0 Å². The third kappa shape index (κ3) is 1.17. The zero-order valence-electron chi connectivity index (χ0n) is 8.39. The van der Waals surface area contributed by atoms with Crippen LogP contribution in [-0.2, 0) is 12.8 Å². The van der Waals surface area contributed by atoms with Gasteiger partial charge in [0.25, 0.3) is 0 Å². The molecule has 0 radical (unpaired) electrons. The zero-order chi connectivity index (χ0) is 9.71. The van der Waals surface area contributed by atoms with Crippen molar-refractivity contribution in [2.45, 2.75) is 26.7 Å². The summed E-state index contributed by atoms with van der Waals surface area (Å²) in [6.07, 6.45) is 2.35. The average Bonchev–Trinajstić information content (AvgIpc) is 2.66. The van der Waals surface area contributed by atoms with Crippen molar-refractivity contribution in [2.75, 3.05) is 0 Å². The highest BCUT2D eigenvalue weighted by atomic mass is 32.1. The molecule has 2 heterocycles.